The van der Waals surface area contributed by atoms with E-state index in [4.69, 9.17) is 23.7 Å². The van der Waals surface area contributed by atoms with Gasteiger partial charge in [-0.2, -0.15) is 0 Å². The lowest BCUT2D eigenvalue weighted by molar-refractivity contribution is -0.273. The number of aliphatic hydroxyl groups excluding tert-OH is 1. The minimum Gasteiger partial charge on any atom is -0.390 e. The first-order valence-corrected chi connectivity index (χ1v) is 20.4. The number of rotatable bonds is 10. The lowest BCUT2D eigenvalue weighted by Gasteiger charge is -2.49. The second-order valence-corrected chi connectivity index (χ2v) is 17.3. The Morgan fingerprint density at radius 2 is 1.57 bits per heavy atom. The Morgan fingerprint density at radius 1 is 0.849 bits per heavy atom. The highest BCUT2D eigenvalue weighted by molar-refractivity contribution is 5.51. The molecule has 5 aliphatic heterocycles. The summed E-state index contributed by atoms with van der Waals surface area (Å²) in [5, 5.41) is 23.2. The SMILES string of the molecule is C=CC=CCCC1OC2CCC3(C)OC4C(O)CC5(C)OC(CCC=C(C)C(C)=CC=Cc6ccccc6)C(C)CC5OC4CC3OC2CCC1(C)O. The van der Waals surface area contributed by atoms with Crippen LogP contribution in [0.1, 0.15) is 118 Å². The van der Waals surface area contributed by atoms with Gasteiger partial charge in [-0.3, -0.25) is 0 Å². The van der Waals surface area contributed by atoms with Crippen LogP contribution >= 0.6 is 0 Å². The van der Waals surface area contributed by atoms with Gasteiger partial charge in [0.2, 0.25) is 0 Å². The summed E-state index contributed by atoms with van der Waals surface area (Å²) in [6.45, 7) is 16.5. The molecule has 0 saturated carbocycles. The van der Waals surface area contributed by atoms with E-state index in [1.54, 1.807) is 6.08 Å². The molecule has 7 heteroatoms. The van der Waals surface area contributed by atoms with Crippen molar-refractivity contribution < 1.29 is 33.9 Å². The fourth-order valence-electron chi connectivity index (χ4n) is 9.40. The normalized spacial score (nSPS) is 42.5. The van der Waals surface area contributed by atoms with Gasteiger partial charge in [0.15, 0.2) is 0 Å². The van der Waals surface area contributed by atoms with Gasteiger partial charge in [-0.25, -0.2) is 0 Å². The third-order valence-electron chi connectivity index (χ3n) is 13.0. The molecule has 5 fully saturated rings. The molecule has 1 aromatic carbocycles. The van der Waals surface area contributed by atoms with E-state index in [0.717, 1.165) is 51.4 Å². The van der Waals surface area contributed by atoms with Crippen LogP contribution in [-0.4, -0.2) is 82.0 Å². The number of hydrogen-bond donors (Lipinski definition) is 2. The molecule has 0 aliphatic carbocycles. The Morgan fingerprint density at radius 3 is 2.34 bits per heavy atom. The van der Waals surface area contributed by atoms with Crippen molar-refractivity contribution in [3.05, 3.63) is 90.1 Å². The van der Waals surface area contributed by atoms with Gasteiger partial charge in [0.1, 0.15) is 6.10 Å². The summed E-state index contributed by atoms with van der Waals surface area (Å²) in [7, 11) is 0. The van der Waals surface area contributed by atoms with E-state index < -0.39 is 29.0 Å². The zero-order valence-corrected chi connectivity index (χ0v) is 33.1. The van der Waals surface area contributed by atoms with E-state index in [0.29, 0.717) is 25.2 Å². The van der Waals surface area contributed by atoms with Gasteiger partial charge < -0.3 is 33.9 Å². The first-order chi connectivity index (χ1) is 25.3. The van der Waals surface area contributed by atoms with Crippen LogP contribution in [0.25, 0.3) is 6.08 Å². The lowest BCUT2D eigenvalue weighted by Crippen LogP contribution is -2.59. The Labute approximate surface area is 319 Å². The highest BCUT2D eigenvalue weighted by Crippen LogP contribution is 2.49. The van der Waals surface area contributed by atoms with E-state index in [1.165, 1.54) is 16.7 Å². The van der Waals surface area contributed by atoms with E-state index in [-0.39, 0.29) is 42.7 Å². The zero-order chi connectivity index (χ0) is 37.8. The molecular formula is C46H66O7. The van der Waals surface area contributed by atoms with E-state index in [9.17, 15) is 10.2 Å². The molecule has 5 saturated heterocycles. The van der Waals surface area contributed by atoms with Crippen LogP contribution in [0.3, 0.4) is 0 Å². The van der Waals surface area contributed by atoms with Gasteiger partial charge in [0.25, 0.3) is 0 Å². The van der Waals surface area contributed by atoms with Crippen molar-refractivity contribution in [1.82, 2.24) is 0 Å². The Kier molecular flexibility index (Phi) is 13.1. The minimum atomic E-state index is -0.922. The van der Waals surface area contributed by atoms with Crippen LogP contribution in [0.2, 0.25) is 0 Å². The van der Waals surface area contributed by atoms with E-state index in [1.807, 2.05) is 19.1 Å². The van der Waals surface area contributed by atoms with Crippen molar-refractivity contribution in [2.75, 3.05) is 0 Å². The van der Waals surface area contributed by atoms with Crippen molar-refractivity contribution in [2.24, 2.45) is 5.92 Å². The molecule has 53 heavy (non-hydrogen) atoms. The monoisotopic (exact) mass is 730 g/mol. The third-order valence-corrected chi connectivity index (χ3v) is 13.0. The second kappa shape index (κ2) is 17.2. The number of ether oxygens (including phenoxy) is 5. The lowest BCUT2D eigenvalue weighted by atomic mass is 9.79. The highest BCUT2D eigenvalue weighted by atomic mass is 16.6. The smallest absolute Gasteiger partial charge is 0.111 e. The summed E-state index contributed by atoms with van der Waals surface area (Å²) >= 11 is 0. The summed E-state index contributed by atoms with van der Waals surface area (Å²) in [5.41, 5.74) is 1.62. The Bertz CT molecular complexity index is 1500. The van der Waals surface area contributed by atoms with Crippen LogP contribution in [0.5, 0.6) is 0 Å². The molecule has 0 spiro atoms. The molecule has 0 bridgehead atoms. The Hall–Kier alpha value is -2.36. The summed E-state index contributed by atoms with van der Waals surface area (Å²) in [5.74, 6) is 0.321. The first kappa shape index (κ1) is 40.3. The van der Waals surface area contributed by atoms with Crippen LogP contribution < -0.4 is 0 Å². The average molecular weight is 731 g/mol. The fraction of sp³-hybridized carbons (Fsp3) is 0.652. The van der Waals surface area contributed by atoms with Crippen molar-refractivity contribution in [3.8, 4) is 0 Å². The molecule has 5 heterocycles. The van der Waals surface area contributed by atoms with Gasteiger partial charge in [-0.05, 0) is 109 Å². The number of hydrogen-bond acceptors (Lipinski definition) is 7. The standard InChI is InChI=1S/C46H66O7/c1-8-9-10-14-23-40-44(5,48)26-24-37-38(49-40)25-27-45(6)42(50-37)29-39-43(53-45)35(47)30-46(7)41(51-39)28-33(4)36(52-46)22-16-18-32(3)31(2)17-15-21-34-19-12-11-13-20-34/h8-13,15,17-21,33,35-43,47-48H,1,14,16,22-30H2,2-7H3. The first-order valence-electron chi connectivity index (χ1n) is 20.4. The van der Waals surface area contributed by atoms with Gasteiger partial charge >= 0.3 is 0 Å². The fourth-order valence-corrected chi connectivity index (χ4v) is 9.40. The molecule has 292 valence electrons. The molecule has 1 aromatic rings. The number of allylic oxidation sites excluding steroid dienone is 8. The molecule has 13 atom stereocenters. The molecule has 7 nitrogen and oxygen atoms in total. The maximum Gasteiger partial charge on any atom is 0.111 e. The van der Waals surface area contributed by atoms with Crippen molar-refractivity contribution in [1.29, 1.82) is 0 Å². The van der Waals surface area contributed by atoms with Crippen LogP contribution in [-0.2, 0) is 23.7 Å². The predicted octanol–water partition coefficient (Wildman–Crippen LogP) is 8.99. The molecular weight excluding hydrogens is 664 g/mol. The zero-order valence-electron chi connectivity index (χ0n) is 33.1. The van der Waals surface area contributed by atoms with Crippen molar-refractivity contribution >= 4 is 6.08 Å². The number of benzene rings is 1. The topological polar surface area (TPSA) is 86.6 Å². The molecule has 13 unspecified atom stereocenters. The molecule has 5 aliphatic rings. The van der Waals surface area contributed by atoms with Gasteiger partial charge in [-0.1, -0.05) is 91.9 Å². The quantitative estimate of drug-likeness (QED) is 0.233. The average Bonchev–Trinajstić information content (AvgIpc) is 3.38. The molecule has 0 aromatic heterocycles. The van der Waals surface area contributed by atoms with E-state index >= 15 is 0 Å². The molecule has 2 N–H and O–H groups in total. The summed E-state index contributed by atoms with van der Waals surface area (Å²) in [6, 6.07) is 10.4. The van der Waals surface area contributed by atoms with Gasteiger partial charge in [-0.15, -0.1) is 0 Å². The summed E-state index contributed by atoms with van der Waals surface area (Å²) < 4.78 is 34.5. The van der Waals surface area contributed by atoms with Crippen molar-refractivity contribution in [2.45, 2.75) is 184 Å². The van der Waals surface area contributed by atoms with Crippen molar-refractivity contribution in [3.63, 3.8) is 0 Å². The van der Waals surface area contributed by atoms with Crippen LogP contribution in [0.15, 0.2) is 84.5 Å². The Balaban J connectivity index is 1.08. The molecule has 0 radical (unpaired) electrons. The minimum absolute atomic E-state index is 0.0811. The maximum absolute atomic E-state index is 11.8. The molecule has 6 rings (SSSR count). The van der Waals surface area contributed by atoms with E-state index in [2.05, 4.69) is 95.8 Å². The summed E-state index contributed by atoms with van der Waals surface area (Å²) in [6.07, 6.45) is 20.6. The largest absolute Gasteiger partial charge is 0.390 e. The highest BCUT2D eigenvalue weighted by Gasteiger charge is 2.58. The molecule has 0 amide bonds. The van der Waals surface area contributed by atoms with Gasteiger partial charge in [0, 0.05) is 12.8 Å². The maximum atomic E-state index is 11.8. The van der Waals surface area contributed by atoms with Gasteiger partial charge in [0.05, 0.1) is 65.6 Å². The van der Waals surface area contributed by atoms with Crippen LogP contribution in [0, 0.1) is 5.92 Å². The second-order valence-electron chi connectivity index (χ2n) is 17.3. The third kappa shape index (κ3) is 9.55. The summed E-state index contributed by atoms with van der Waals surface area (Å²) in [4.78, 5) is 0. The number of fused-ring (bicyclic) bond motifs is 4. The predicted molar refractivity (Wildman–Crippen MR) is 211 cm³/mol. The number of aliphatic hydroxyl groups is 2. The van der Waals surface area contributed by atoms with Crippen LogP contribution in [0.4, 0.5) is 0 Å².